The van der Waals surface area contributed by atoms with Crippen LogP contribution in [0.2, 0.25) is 0 Å². The van der Waals surface area contributed by atoms with Crippen LogP contribution in [0.25, 0.3) is 11.0 Å². The normalized spacial score (nSPS) is 18.3. The van der Waals surface area contributed by atoms with Gasteiger partial charge in [0.25, 0.3) is 5.56 Å². The van der Waals surface area contributed by atoms with Gasteiger partial charge in [0.2, 0.25) is 5.89 Å². The lowest BCUT2D eigenvalue weighted by atomic mass is 9.81. The van der Waals surface area contributed by atoms with Crippen molar-refractivity contribution >= 4 is 11.0 Å². The van der Waals surface area contributed by atoms with E-state index in [9.17, 15) is 4.79 Å². The first-order valence-electron chi connectivity index (χ1n) is 9.93. The first-order chi connectivity index (χ1) is 14.6. The number of pyridine rings is 1. The number of hydrogen-bond donors (Lipinski definition) is 0. The predicted octanol–water partition coefficient (Wildman–Crippen LogP) is 3.16. The fourth-order valence-electron chi connectivity index (χ4n) is 3.74. The molecule has 1 aliphatic rings. The summed E-state index contributed by atoms with van der Waals surface area (Å²) in [5.41, 5.74) is 2.29. The van der Waals surface area contributed by atoms with E-state index in [1.54, 1.807) is 12.3 Å². The maximum absolute atomic E-state index is 12.8. The van der Waals surface area contributed by atoms with E-state index < -0.39 is 0 Å². The molecule has 1 fully saturated rings. The Morgan fingerprint density at radius 3 is 2.90 bits per heavy atom. The molecule has 0 bridgehead atoms. The van der Waals surface area contributed by atoms with Crippen LogP contribution in [-0.4, -0.2) is 30.8 Å². The van der Waals surface area contributed by atoms with Crippen LogP contribution in [0.1, 0.15) is 41.6 Å². The molecule has 30 heavy (non-hydrogen) atoms. The van der Waals surface area contributed by atoms with E-state index in [-0.39, 0.29) is 24.1 Å². The van der Waals surface area contributed by atoms with Gasteiger partial charge in [-0.2, -0.15) is 4.98 Å². The molecule has 0 unspecified atom stereocenters. The smallest absolute Gasteiger partial charge is 0.263 e. The summed E-state index contributed by atoms with van der Waals surface area (Å²) >= 11 is 0. The molecule has 152 valence electrons. The van der Waals surface area contributed by atoms with Crippen molar-refractivity contribution in [3.63, 3.8) is 0 Å². The summed E-state index contributed by atoms with van der Waals surface area (Å²) < 4.78 is 12.9. The van der Waals surface area contributed by atoms with Crippen molar-refractivity contribution in [3.05, 3.63) is 76.1 Å². The highest BCUT2D eigenvalue weighted by atomic mass is 16.5. The molecule has 0 saturated heterocycles. The van der Waals surface area contributed by atoms with Crippen molar-refractivity contribution < 1.29 is 9.26 Å². The standard InChI is InChI=1S/C22H21N5O3/c1-13-4-3-5-16(8-13)29-17-9-15(10-17)20-25-18(30-26-20)11-27-12-24-21-19(22(27)28)14(2)6-7-23-21/h3-8,12,15,17H,9-11H2,1-2H3. The molecule has 8 heteroatoms. The summed E-state index contributed by atoms with van der Waals surface area (Å²) in [5, 5.41) is 4.62. The van der Waals surface area contributed by atoms with Crippen molar-refractivity contribution in [2.75, 3.05) is 0 Å². The predicted molar refractivity (Wildman–Crippen MR) is 110 cm³/mol. The second kappa shape index (κ2) is 7.37. The maximum atomic E-state index is 12.8. The number of hydrogen-bond acceptors (Lipinski definition) is 7. The summed E-state index contributed by atoms with van der Waals surface area (Å²) in [6, 6.07) is 9.84. The van der Waals surface area contributed by atoms with Crippen LogP contribution in [-0.2, 0) is 6.54 Å². The molecule has 5 rings (SSSR count). The Morgan fingerprint density at radius 1 is 1.20 bits per heavy atom. The van der Waals surface area contributed by atoms with Gasteiger partial charge in [0, 0.05) is 12.1 Å². The summed E-state index contributed by atoms with van der Waals surface area (Å²) in [5.74, 6) is 2.14. The molecule has 4 aromatic rings. The number of aromatic nitrogens is 5. The van der Waals surface area contributed by atoms with Crippen molar-refractivity contribution in [1.82, 2.24) is 24.7 Å². The first kappa shape index (κ1) is 18.5. The molecular weight excluding hydrogens is 382 g/mol. The van der Waals surface area contributed by atoms with Crippen molar-refractivity contribution in [1.29, 1.82) is 0 Å². The molecule has 3 heterocycles. The lowest BCUT2D eigenvalue weighted by molar-refractivity contribution is 0.0942. The first-order valence-corrected chi connectivity index (χ1v) is 9.93. The Bertz CT molecular complexity index is 1270. The summed E-state index contributed by atoms with van der Waals surface area (Å²) in [7, 11) is 0. The molecular formula is C22H21N5O3. The molecule has 1 saturated carbocycles. The lowest BCUT2D eigenvalue weighted by Gasteiger charge is -2.33. The van der Waals surface area contributed by atoms with Gasteiger partial charge in [0.1, 0.15) is 24.7 Å². The van der Waals surface area contributed by atoms with Gasteiger partial charge in [0.15, 0.2) is 11.5 Å². The molecule has 8 nitrogen and oxygen atoms in total. The van der Waals surface area contributed by atoms with Gasteiger partial charge in [-0.15, -0.1) is 0 Å². The van der Waals surface area contributed by atoms with Gasteiger partial charge < -0.3 is 9.26 Å². The lowest BCUT2D eigenvalue weighted by Crippen LogP contribution is -2.32. The van der Waals surface area contributed by atoms with Crippen LogP contribution in [0.5, 0.6) is 5.75 Å². The highest BCUT2D eigenvalue weighted by Gasteiger charge is 2.35. The molecule has 1 aromatic carbocycles. The van der Waals surface area contributed by atoms with E-state index in [2.05, 4.69) is 20.1 Å². The quantitative estimate of drug-likeness (QED) is 0.505. The number of rotatable bonds is 5. The maximum Gasteiger partial charge on any atom is 0.263 e. The van der Waals surface area contributed by atoms with Gasteiger partial charge in [-0.25, -0.2) is 9.97 Å². The fourth-order valence-corrected chi connectivity index (χ4v) is 3.74. The minimum atomic E-state index is -0.166. The second-order valence-electron chi connectivity index (χ2n) is 7.78. The second-order valence-corrected chi connectivity index (χ2v) is 7.78. The fraction of sp³-hybridized carbons (Fsp3) is 0.318. The Morgan fingerprint density at radius 2 is 2.07 bits per heavy atom. The summed E-state index contributed by atoms with van der Waals surface area (Å²) in [4.78, 5) is 25.7. The van der Waals surface area contributed by atoms with Crippen molar-refractivity contribution in [2.24, 2.45) is 0 Å². The van der Waals surface area contributed by atoms with Gasteiger partial charge in [-0.3, -0.25) is 9.36 Å². The Hall–Kier alpha value is -3.55. The van der Waals surface area contributed by atoms with Crippen LogP contribution in [0, 0.1) is 13.8 Å². The number of aryl methyl sites for hydroxylation is 2. The zero-order chi connectivity index (χ0) is 20.7. The van der Waals surface area contributed by atoms with Gasteiger partial charge in [0.05, 0.1) is 5.39 Å². The van der Waals surface area contributed by atoms with Crippen LogP contribution >= 0.6 is 0 Å². The Labute approximate surface area is 172 Å². The van der Waals surface area contributed by atoms with Gasteiger partial charge >= 0.3 is 0 Å². The molecule has 0 aliphatic heterocycles. The van der Waals surface area contributed by atoms with Crippen molar-refractivity contribution in [3.8, 4) is 5.75 Å². The van der Waals surface area contributed by atoms with E-state index in [4.69, 9.17) is 9.26 Å². The van der Waals surface area contributed by atoms with Crippen LogP contribution in [0.3, 0.4) is 0 Å². The third-order valence-corrected chi connectivity index (χ3v) is 5.48. The molecule has 1 aliphatic carbocycles. The zero-order valence-corrected chi connectivity index (χ0v) is 16.8. The highest BCUT2D eigenvalue weighted by molar-refractivity contribution is 5.76. The number of fused-ring (bicyclic) bond motifs is 1. The van der Waals surface area contributed by atoms with E-state index >= 15 is 0 Å². The van der Waals surface area contributed by atoms with Crippen molar-refractivity contribution in [2.45, 2.75) is 45.3 Å². The minimum absolute atomic E-state index is 0.154. The summed E-state index contributed by atoms with van der Waals surface area (Å²) in [6.07, 6.45) is 4.95. The average molecular weight is 403 g/mol. The molecule has 0 amide bonds. The average Bonchev–Trinajstić information content (AvgIpc) is 3.14. The number of nitrogens with zero attached hydrogens (tertiary/aromatic N) is 5. The molecule has 0 N–H and O–H groups in total. The van der Waals surface area contributed by atoms with E-state index in [1.807, 2.05) is 38.1 Å². The van der Waals surface area contributed by atoms with E-state index in [0.29, 0.717) is 22.7 Å². The third-order valence-electron chi connectivity index (χ3n) is 5.48. The van der Waals surface area contributed by atoms with Gasteiger partial charge in [-0.1, -0.05) is 17.3 Å². The third kappa shape index (κ3) is 3.45. The van der Waals surface area contributed by atoms with Crippen LogP contribution in [0.4, 0.5) is 0 Å². The Balaban J connectivity index is 1.26. The number of benzene rings is 1. The van der Waals surface area contributed by atoms with E-state index in [0.717, 1.165) is 24.2 Å². The largest absolute Gasteiger partial charge is 0.490 e. The molecule has 0 spiro atoms. The van der Waals surface area contributed by atoms with Crippen LogP contribution < -0.4 is 10.3 Å². The summed E-state index contributed by atoms with van der Waals surface area (Å²) in [6.45, 7) is 4.10. The van der Waals surface area contributed by atoms with Gasteiger partial charge in [-0.05, 0) is 56.0 Å². The molecule has 0 atom stereocenters. The van der Waals surface area contributed by atoms with E-state index in [1.165, 1.54) is 16.5 Å². The zero-order valence-electron chi connectivity index (χ0n) is 16.8. The molecule has 0 radical (unpaired) electrons. The highest BCUT2D eigenvalue weighted by Crippen LogP contribution is 2.37. The van der Waals surface area contributed by atoms with Crippen LogP contribution in [0.15, 0.2) is 52.2 Å². The minimum Gasteiger partial charge on any atom is -0.490 e. The number of ether oxygens (including phenoxy) is 1. The topological polar surface area (TPSA) is 95.9 Å². The monoisotopic (exact) mass is 403 g/mol. The SMILES string of the molecule is Cc1cccc(OC2CC(c3noc(Cn4cnc5nccc(C)c5c4=O)n3)C2)c1. The molecule has 3 aromatic heterocycles. The Kier molecular flexibility index (Phi) is 4.54.